The Hall–Kier alpha value is -2.47. The predicted octanol–water partition coefficient (Wildman–Crippen LogP) is 1.20. The van der Waals surface area contributed by atoms with Crippen molar-refractivity contribution in [1.82, 2.24) is 9.03 Å². The van der Waals surface area contributed by atoms with Crippen molar-refractivity contribution in [2.24, 2.45) is 0 Å². The van der Waals surface area contributed by atoms with Gasteiger partial charge in [-0.05, 0) is 54.4 Å². The van der Waals surface area contributed by atoms with E-state index in [0.29, 0.717) is 18.7 Å². The molecule has 1 heterocycles. The lowest BCUT2D eigenvalue weighted by molar-refractivity contribution is -0.116. The summed E-state index contributed by atoms with van der Waals surface area (Å²) >= 11 is 0. The number of carbonyl (C=O) groups excluding carboxylic acids is 1. The van der Waals surface area contributed by atoms with Gasteiger partial charge in [0.1, 0.15) is 12.4 Å². The number of rotatable bonds is 8. The van der Waals surface area contributed by atoms with Gasteiger partial charge in [-0.25, -0.2) is 25.9 Å². The first-order valence-electron chi connectivity index (χ1n) is 9.58. The molecule has 11 heteroatoms. The first-order chi connectivity index (χ1) is 14.5. The predicted molar refractivity (Wildman–Crippen MR) is 116 cm³/mol. The number of carbonyl (C=O) groups is 1. The summed E-state index contributed by atoms with van der Waals surface area (Å²) in [6.07, 6.45) is 0.612. The van der Waals surface area contributed by atoms with E-state index in [1.807, 2.05) is 0 Å². The summed E-state index contributed by atoms with van der Waals surface area (Å²) in [5.41, 5.74) is 1.57. The molecule has 0 atom stereocenters. The van der Waals surface area contributed by atoms with Crippen molar-refractivity contribution < 1.29 is 26.4 Å². The van der Waals surface area contributed by atoms with E-state index in [4.69, 9.17) is 4.74 Å². The normalized spacial score (nSPS) is 14.0. The van der Waals surface area contributed by atoms with Crippen LogP contribution in [0.1, 0.15) is 12.5 Å². The smallest absolute Gasteiger partial charge is 0.242 e. The largest absolute Gasteiger partial charge is 0.492 e. The minimum Gasteiger partial charge on any atom is -0.492 e. The van der Waals surface area contributed by atoms with Gasteiger partial charge < -0.3 is 9.64 Å². The molecular formula is C20H25N3O6S2. The Labute approximate surface area is 182 Å². The van der Waals surface area contributed by atoms with Crippen LogP contribution in [0.3, 0.4) is 0 Å². The minimum absolute atomic E-state index is 0.0384. The molecule has 0 fully saturated rings. The first-order valence-corrected chi connectivity index (χ1v) is 12.5. The second kappa shape index (κ2) is 8.95. The molecule has 1 amide bonds. The van der Waals surface area contributed by atoms with E-state index in [1.54, 1.807) is 17.0 Å². The van der Waals surface area contributed by atoms with Gasteiger partial charge in [0.15, 0.2) is 0 Å². The summed E-state index contributed by atoms with van der Waals surface area (Å²) < 4.78 is 58.3. The summed E-state index contributed by atoms with van der Waals surface area (Å²) in [5, 5.41) is 0. The maximum atomic E-state index is 12.6. The van der Waals surface area contributed by atoms with Crippen LogP contribution < -0.4 is 14.4 Å². The number of hydrogen-bond donors (Lipinski definition) is 1. The molecule has 0 radical (unpaired) electrons. The van der Waals surface area contributed by atoms with E-state index < -0.39 is 20.0 Å². The van der Waals surface area contributed by atoms with Gasteiger partial charge in [-0.1, -0.05) is 0 Å². The van der Waals surface area contributed by atoms with Gasteiger partial charge in [0.05, 0.1) is 9.79 Å². The monoisotopic (exact) mass is 467 g/mol. The second-order valence-electron chi connectivity index (χ2n) is 7.22. The topological polar surface area (TPSA) is 113 Å². The van der Waals surface area contributed by atoms with Crippen molar-refractivity contribution in [1.29, 1.82) is 0 Å². The standard InChI is InChI=1S/C20H25N3O6S2/c1-15(24)23-12-10-16-14-19(8-9-20(16)23)30(25,26)21-11-13-29-17-4-6-18(7-5-17)31(27,28)22(2)3/h4-9,14,21H,10-13H2,1-3H3. The highest BCUT2D eigenvalue weighted by atomic mass is 32.2. The third kappa shape index (κ3) is 5.06. The van der Waals surface area contributed by atoms with Crippen LogP contribution in [0.4, 0.5) is 5.69 Å². The highest BCUT2D eigenvalue weighted by molar-refractivity contribution is 7.89. The molecule has 0 unspecified atom stereocenters. The average Bonchev–Trinajstić information content (AvgIpc) is 3.15. The van der Waals surface area contributed by atoms with E-state index in [1.165, 1.54) is 51.4 Å². The van der Waals surface area contributed by atoms with Crippen LogP contribution in [0.5, 0.6) is 5.75 Å². The molecule has 9 nitrogen and oxygen atoms in total. The molecule has 0 bridgehead atoms. The quantitative estimate of drug-likeness (QED) is 0.584. The Morgan fingerprint density at radius 3 is 2.32 bits per heavy atom. The number of nitrogens with one attached hydrogen (secondary N) is 1. The Morgan fingerprint density at radius 1 is 1.06 bits per heavy atom. The SMILES string of the molecule is CC(=O)N1CCc2cc(S(=O)(=O)NCCOc3ccc(S(=O)(=O)N(C)C)cc3)ccc21. The van der Waals surface area contributed by atoms with Crippen LogP contribution in [0.2, 0.25) is 0 Å². The number of fused-ring (bicyclic) bond motifs is 1. The molecule has 2 aromatic rings. The summed E-state index contributed by atoms with van der Waals surface area (Å²) in [5.74, 6) is 0.357. The van der Waals surface area contributed by atoms with Crippen LogP contribution in [0.15, 0.2) is 52.3 Å². The number of hydrogen-bond acceptors (Lipinski definition) is 6. The van der Waals surface area contributed by atoms with Crippen molar-refractivity contribution >= 4 is 31.6 Å². The molecule has 0 aromatic heterocycles. The van der Waals surface area contributed by atoms with Gasteiger partial charge in [-0.3, -0.25) is 4.79 Å². The fourth-order valence-electron chi connectivity index (χ4n) is 3.22. The Bertz CT molecular complexity index is 1180. The fourth-order valence-corrected chi connectivity index (χ4v) is 5.18. The molecule has 0 saturated heterocycles. The van der Waals surface area contributed by atoms with Crippen molar-refractivity contribution in [2.45, 2.75) is 23.1 Å². The van der Waals surface area contributed by atoms with Crippen molar-refractivity contribution in [3.05, 3.63) is 48.0 Å². The van der Waals surface area contributed by atoms with Gasteiger partial charge >= 0.3 is 0 Å². The lowest BCUT2D eigenvalue weighted by Gasteiger charge is -2.15. The Morgan fingerprint density at radius 2 is 1.71 bits per heavy atom. The molecule has 2 aromatic carbocycles. The molecule has 1 aliphatic rings. The highest BCUT2D eigenvalue weighted by Crippen LogP contribution is 2.30. The maximum absolute atomic E-state index is 12.6. The molecule has 1 N–H and O–H groups in total. The van der Waals surface area contributed by atoms with E-state index in [-0.39, 0.29) is 28.8 Å². The average molecular weight is 468 g/mol. The van der Waals surface area contributed by atoms with Gasteiger partial charge in [-0.2, -0.15) is 0 Å². The molecule has 0 saturated carbocycles. The minimum atomic E-state index is -3.73. The molecule has 168 valence electrons. The lowest BCUT2D eigenvalue weighted by atomic mass is 10.2. The Balaban J connectivity index is 1.57. The van der Waals surface area contributed by atoms with Crippen molar-refractivity contribution in [3.8, 4) is 5.75 Å². The van der Waals surface area contributed by atoms with E-state index >= 15 is 0 Å². The molecule has 31 heavy (non-hydrogen) atoms. The highest BCUT2D eigenvalue weighted by Gasteiger charge is 2.24. The van der Waals surface area contributed by atoms with E-state index in [9.17, 15) is 21.6 Å². The second-order valence-corrected chi connectivity index (χ2v) is 11.1. The van der Waals surface area contributed by atoms with Crippen LogP contribution in [0, 0.1) is 0 Å². The van der Waals surface area contributed by atoms with Crippen LogP contribution in [0.25, 0.3) is 0 Å². The van der Waals surface area contributed by atoms with Gasteiger partial charge in [0.2, 0.25) is 26.0 Å². The fraction of sp³-hybridized carbons (Fsp3) is 0.350. The number of benzene rings is 2. The van der Waals surface area contributed by atoms with Crippen LogP contribution in [-0.4, -0.2) is 60.8 Å². The van der Waals surface area contributed by atoms with Gasteiger partial charge in [0.25, 0.3) is 0 Å². The zero-order valence-corrected chi connectivity index (χ0v) is 19.2. The molecule has 3 rings (SSSR count). The van der Waals surface area contributed by atoms with Crippen LogP contribution >= 0.6 is 0 Å². The first kappa shape index (κ1) is 23.2. The summed E-state index contributed by atoms with van der Waals surface area (Å²) in [6.45, 7) is 2.14. The van der Waals surface area contributed by atoms with Crippen LogP contribution in [-0.2, 0) is 31.3 Å². The summed E-state index contributed by atoms with van der Waals surface area (Å²) in [4.78, 5) is 13.5. The van der Waals surface area contributed by atoms with E-state index in [2.05, 4.69) is 4.72 Å². The number of amides is 1. The maximum Gasteiger partial charge on any atom is 0.242 e. The molecule has 0 spiro atoms. The lowest BCUT2D eigenvalue weighted by Crippen LogP contribution is -2.28. The van der Waals surface area contributed by atoms with E-state index in [0.717, 1.165) is 15.6 Å². The number of anilines is 1. The molecule has 0 aliphatic carbocycles. The van der Waals surface area contributed by atoms with Crippen molar-refractivity contribution in [2.75, 3.05) is 38.7 Å². The summed E-state index contributed by atoms with van der Waals surface area (Å²) in [6, 6.07) is 10.6. The number of sulfonamides is 2. The summed E-state index contributed by atoms with van der Waals surface area (Å²) in [7, 11) is -4.34. The molecule has 1 aliphatic heterocycles. The molecular weight excluding hydrogens is 442 g/mol. The van der Waals surface area contributed by atoms with Gasteiger partial charge in [-0.15, -0.1) is 0 Å². The Kier molecular flexibility index (Phi) is 6.70. The number of nitrogens with zero attached hydrogens (tertiary/aromatic N) is 2. The third-order valence-electron chi connectivity index (χ3n) is 4.90. The third-order valence-corrected chi connectivity index (χ3v) is 8.19. The van der Waals surface area contributed by atoms with Crippen molar-refractivity contribution in [3.63, 3.8) is 0 Å². The van der Waals surface area contributed by atoms with Gasteiger partial charge in [0, 0.05) is 39.8 Å². The number of ether oxygens (including phenoxy) is 1. The zero-order chi connectivity index (χ0) is 22.8. The zero-order valence-electron chi connectivity index (χ0n) is 17.5.